The number of halogens is 1. The maximum Gasteiger partial charge on any atom is 0.128 e. The SMILES string of the molecule is Fc1cccc2c1C(CNC1CC1)NCC2. The van der Waals surface area contributed by atoms with E-state index in [1.807, 2.05) is 12.1 Å². The van der Waals surface area contributed by atoms with Crippen molar-refractivity contribution < 1.29 is 4.39 Å². The topological polar surface area (TPSA) is 24.1 Å². The van der Waals surface area contributed by atoms with Gasteiger partial charge in [-0.3, -0.25) is 0 Å². The van der Waals surface area contributed by atoms with Crippen LogP contribution in [-0.4, -0.2) is 19.1 Å². The molecule has 1 aliphatic heterocycles. The van der Waals surface area contributed by atoms with Gasteiger partial charge in [-0.25, -0.2) is 4.39 Å². The summed E-state index contributed by atoms with van der Waals surface area (Å²) in [6.07, 6.45) is 3.49. The van der Waals surface area contributed by atoms with Crippen LogP contribution in [0, 0.1) is 5.82 Å². The highest BCUT2D eigenvalue weighted by molar-refractivity contribution is 5.34. The first-order chi connectivity index (χ1) is 7.84. The fraction of sp³-hybridized carbons (Fsp3) is 0.538. The molecule has 0 amide bonds. The van der Waals surface area contributed by atoms with E-state index < -0.39 is 0 Å². The monoisotopic (exact) mass is 220 g/mol. The van der Waals surface area contributed by atoms with Crippen LogP contribution in [0.2, 0.25) is 0 Å². The Kier molecular flexibility index (Phi) is 2.65. The zero-order valence-corrected chi connectivity index (χ0v) is 9.30. The molecule has 1 aromatic rings. The van der Waals surface area contributed by atoms with Crippen LogP contribution in [0.15, 0.2) is 18.2 Å². The molecule has 2 N–H and O–H groups in total. The number of nitrogens with one attached hydrogen (secondary N) is 2. The van der Waals surface area contributed by atoms with Crippen LogP contribution < -0.4 is 10.6 Å². The zero-order valence-electron chi connectivity index (χ0n) is 9.30. The molecular weight excluding hydrogens is 203 g/mol. The van der Waals surface area contributed by atoms with Crippen molar-refractivity contribution in [2.45, 2.75) is 31.3 Å². The Balaban J connectivity index is 1.80. The fourth-order valence-corrected chi connectivity index (χ4v) is 2.42. The summed E-state index contributed by atoms with van der Waals surface area (Å²) in [4.78, 5) is 0. The number of rotatable bonds is 3. The smallest absolute Gasteiger partial charge is 0.128 e. The summed E-state index contributed by atoms with van der Waals surface area (Å²) in [7, 11) is 0. The predicted octanol–water partition coefficient (Wildman–Crippen LogP) is 1.76. The molecule has 3 heteroatoms. The van der Waals surface area contributed by atoms with Gasteiger partial charge < -0.3 is 10.6 Å². The molecule has 0 saturated heterocycles. The Morgan fingerprint density at radius 1 is 1.38 bits per heavy atom. The minimum atomic E-state index is -0.0627. The molecule has 1 atom stereocenters. The van der Waals surface area contributed by atoms with Gasteiger partial charge in [0.1, 0.15) is 5.82 Å². The van der Waals surface area contributed by atoms with E-state index in [9.17, 15) is 4.39 Å². The second kappa shape index (κ2) is 4.15. The molecular formula is C13H17FN2. The van der Waals surface area contributed by atoms with Crippen LogP contribution in [0.25, 0.3) is 0 Å². The second-order valence-electron chi connectivity index (χ2n) is 4.75. The molecule has 2 aliphatic rings. The molecule has 0 spiro atoms. The molecule has 3 rings (SSSR count). The van der Waals surface area contributed by atoms with Crippen LogP contribution in [0.1, 0.15) is 30.0 Å². The van der Waals surface area contributed by atoms with Crippen LogP contribution in [0.5, 0.6) is 0 Å². The molecule has 1 heterocycles. The van der Waals surface area contributed by atoms with Crippen molar-refractivity contribution >= 4 is 0 Å². The van der Waals surface area contributed by atoms with E-state index in [1.54, 1.807) is 6.07 Å². The number of benzene rings is 1. The molecule has 0 aromatic heterocycles. The van der Waals surface area contributed by atoms with Gasteiger partial charge in [-0.1, -0.05) is 12.1 Å². The largest absolute Gasteiger partial charge is 0.312 e. The van der Waals surface area contributed by atoms with E-state index >= 15 is 0 Å². The Bertz CT molecular complexity index is 388. The third-order valence-electron chi connectivity index (χ3n) is 3.46. The Labute approximate surface area is 95.2 Å². The van der Waals surface area contributed by atoms with E-state index in [-0.39, 0.29) is 11.9 Å². The second-order valence-corrected chi connectivity index (χ2v) is 4.75. The molecule has 0 radical (unpaired) electrons. The van der Waals surface area contributed by atoms with Crippen molar-refractivity contribution in [1.82, 2.24) is 10.6 Å². The highest BCUT2D eigenvalue weighted by Gasteiger charge is 2.26. The van der Waals surface area contributed by atoms with Crippen molar-refractivity contribution in [2.75, 3.05) is 13.1 Å². The van der Waals surface area contributed by atoms with Crippen molar-refractivity contribution in [2.24, 2.45) is 0 Å². The quantitative estimate of drug-likeness (QED) is 0.811. The maximum absolute atomic E-state index is 13.8. The van der Waals surface area contributed by atoms with E-state index in [4.69, 9.17) is 0 Å². The first kappa shape index (κ1) is 10.2. The van der Waals surface area contributed by atoms with Gasteiger partial charge in [0.15, 0.2) is 0 Å². The standard InChI is InChI=1S/C13H17FN2/c14-11-3-1-2-9-6-7-15-12(13(9)11)8-16-10-4-5-10/h1-3,10,12,15-16H,4-8H2. The Hall–Kier alpha value is -0.930. The predicted molar refractivity (Wildman–Crippen MR) is 61.9 cm³/mol. The van der Waals surface area contributed by atoms with Gasteiger partial charge in [-0.15, -0.1) is 0 Å². The molecule has 86 valence electrons. The van der Waals surface area contributed by atoms with Crippen molar-refractivity contribution in [3.8, 4) is 0 Å². The molecule has 1 aromatic carbocycles. The first-order valence-electron chi connectivity index (χ1n) is 6.08. The third-order valence-corrected chi connectivity index (χ3v) is 3.46. The summed E-state index contributed by atoms with van der Waals surface area (Å²) in [6, 6.07) is 6.24. The van der Waals surface area contributed by atoms with Gasteiger partial charge in [-0.05, 0) is 37.4 Å². The maximum atomic E-state index is 13.8. The minimum Gasteiger partial charge on any atom is -0.312 e. The van der Waals surface area contributed by atoms with Gasteiger partial charge in [0.05, 0.1) is 0 Å². The lowest BCUT2D eigenvalue weighted by atomic mass is 9.94. The number of hydrogen-bond acceptors (Lipinski definition) is 2. The van der Waals surface area contributed by atoms with Crippen molar-refractivity contribution in [1.29, 1.82) is 0 Å². The van der Waals surface area contributed by atoms with Gasteiger partial charge in [0.25, 0.3) is 0 Å². The molecule has 16 heavy (non-hydrogen) atoms. The van der Waals surface area contributed by atoms with E-state index in [0.29, 0.717) is 6.04 Å². The average molecular weight is 220 g/mol. The zero-order chi connectivity index (χ0) is 11.0. The van der Waals surface area contributed by atoms with Gasteiger partial charge >= 0.3 is 0 Å². The Morgan fingerprint density at radius 3 is 3.06 bits per heavy atom. The minimum absolute atomic E-state index is 0.0627. The summed E-state index contributed by atoms with van der Waals surface area (Å²) >= 11 is 0. The normalized spacial score (nSPS) is 24.2. The molecule has 0 bridgehead atoms. The van der Waals surface area contributed by atoms with E-state index in [1.165, 1.54) is 18.4 Å². The van der Waals surface area contributed by atoms with Gasteiger partial charge in [0, 0.05) is 24.2 Å². The highest BCUT2D eigenvalue weighted by atomic mass is 19.1. The summed E-state index contributed by atoms with van der Waals surface area (Å²) in [5.41, 5.74) is 2.04. The van der Waals surface area contributed by atoms with Gasteiger partial charge in [-0.2, -0.15) is 0 Å². The molecule has 1 aliphatic carbocycles. The molecule has 2 nitrogen and oxygen atoms in total. The number of hydrogen-bond donors (Lipinski definition) is 2. The van der Waals surface area contributed by atoms with Crippen molar-refractivity contribution in [3.05, 3.63) is 35.1 Å². The average Bonchev–Trinajstić information content (AvgIpc) is 3.10. The fourth-order valence-electron chi connectivity index (χ4n) is 2.42. The van der Waals surface area contributed by atoms with Crippen molar-refractivity contribution in [3.63, 3.8) is 0 Å². The lowest BCUT2D eigenvalue weighted by Gasteiger charge is -2.27. The molecule has 1 unspecified atom stereocenters. The summed E-state index contributed by atoms with van der Waals surface area (Å²) in [6.45, 7) is 1.80. The van der Waals surface area contributed by atoms with Crippen LogP contribution in [0.4, 0.5) is 4.39 Å². The lowest BCUT2D eigenvalue weighted by Crippen LogP contribution is -2.38. The molecule has 1 saturated carbocycles. The summed E-state index contributed by atoms with van der Waals surface area (Å²) in [5, 5.41) is 6.86. The van der Waals surface area contributed by atoms with E-state index in [2.05, 4.69) is 10.6 Å². The highest BCUT2D eigenvalue weighted by Crippen LogP contribution is 2.26. The lowest BCUT2D eigenvalue weighted by molar-refractivity contribution is 0.444. The van der Waals surface area contributed by atoms with E-state index in [0.717, 1.165) is 25.1 Å². The third kappa shape index (κ3) is 1.97. The summed E-state index contributed by atoms with van der Waals surface area (Å²) < 4.78 is 13.8. The summed E-state index contributed by atoms with van der Waals surface area (Å²) in [5.74, 6) is -0.0627. The van der Waals surface area contributed by atoms with Crippen LogP contribution >= 0.6 is 0 Å². The van der Waals surface area contributed by atoms with Crippen LogP contribution in [0.3, 0.4) is 0 Å². The Morgan fingerprint density at radius 2 is 2.25 bits per heavy atom. The number of fused-ring (bicyclic) bond motifs is 1. The van der Waals surface area contributed by atoms with Crippen LogP contribution in [-0.2, 0) is 6.42 Å². The van der Waals surface area contributed by atoms with Gasteiger partial charge in [0.2, 0.25) is 0 Å². The molecule has 1 fully saturated rings. The first-order valence-corrected chi connectivity index (χ1v) is 6.08.